The Morgan fingerprint density at radius 2 is 2.54 bits per heavy atom. The Bertz CT molecular complexity index is 359. The normalized spacial score (nSPS) is 24.7. The van der Waals surface area contributed by atoms with Gasteiger partial charge >= 0.3 is 0 Å². The van der Waals surface area contributed by atoms with E-state index in [9.17, 15) is 4.79 Å². The molecule has 13 heavy (non-hydrogen) atoms. The van der Waals surface area contributed by atoms with Crippen LogP contribution in [0.4, 0.5) is 0 Å². The number of amides is 1. The molecule has 0 aliphatic heterocycles. The molecule has 1 amide bonds. The number of hydrogen-bond donors (Lipinski definition) is 2. The van der Waals surface area contributed by atoms with Gasteiger partial charge in [0.05, 0.1) is 6.04 Å². The topological polar surface area (TPSA) is 49.3 Å². The van der Waals surface area contributed by atoms with Gasteiger partial charge in [0, 0.05) is 25.3 Å². The summed E-state index contributed by atoms with van der Waals surface area (Å²) < 4.78 is 0. The van der Waals surface area contributed by atoms with Crippen LogP contribution >= 0.6 is 0 Å². The average Bonchev–Trinajstić information content (AvgIpc) is 2.00. The van der Waals surface area contributed by atoms with Crippen LogP contribution < -0.4 is 5.32 Å². The van der Waals surface area contributed by atoms with Crippen molar-refractivity contribution in [3.63, 3.8) is 0 Å². The van der Waals surface area contributed by atoms with E-state index in [0.29, 0.717) is 12.2 Å². The van der Waals surface area contributed by atoms with Crippen molar-refractivity contribution in [2.45, 2.75) is 25.8 Å². The number of rotatable bonds is 1. The van der Waals surface area contributed by atoms with E-state index in [1.54, 1.807) is 0 Å². The number of carbonyl (C=O) groups excluding carboxylic acids is 1. The predicted octanol–water partition coefficient (Wildman–Crippen LogP) is 1.19. The standard InChI is InChI=1S/C10H11NO2/c1-6(12)11-10-5-7-4-8(13)2-3-9(7)10/h3,10,13H,2,5H2,1H3,(H,11,12). The maximum absolute atomic E-state index is 10.8. The molecule has 0 bridgehead atoms. The van der Waals surface area contributed by atoms with Gasteiger partial charge in [0.25, 0.3) is 0 Å². The fourth-order valence-corrected chi connectivity index (χ4v) is 1.71. The van der Waals surface area contributed by atoms with Crippen LogP contribution in [0.15, 0.2) is 28.7 Å². The van der Waals surface area contributed by atoms with Gasteiger partial charge in [-0.3, -0.25) is 4.79 Å². The molecule has 1 saturated carbocycles. The summed E-state index contributed by atoms with van der Waals surface area (Å²) in [5.74, 6) is 0.281. The monoisotopic (exact) mass is 177 g/mol. The number of aliphatic hydroxyl groups is 1. The lowest BCUT2D eigenvalue weighted by atomic mass is 9.78. The first-order chi connectivity index (χ1) is 6.16. The van der Waals surface area contributed by atoms with Crippen LogP contribution in [0.5, 0.6) is 0 Å². The molecule has 0 saturated heterocycles. The molecule has 1 unspecified atom stereocenters. The molecule has 3 nitrogen and oxygen atoms in total. The lowest BCUT2D eigenvalue weighted by molar-refractivity contribution is -0.119. The van der Waals surface area contributed by atoms with Crippen LogP contribution in [0.3, 0.4) is 0 Å². The largest absolute Gasteiger partial charge is 0.504 e. The molecule has 0 aromatic heterocycles. The Kier molecular flexibility index (Phi) is 1.74. The fourth-order valence-electron chi connectivity index (χ4n) is 1.71. The summed E-state index contributed by atoms with van der Waals surface area (Å²) >= 11 is 0. The highest BCUT2D eigenvalue weighted by molar-refractivity contribution is 5.75. The van der Waals surface area contributed by atoms with E-state index in [-0.39, 0.29) is 11.9 Å². The minimum Gasteiger partial charge on any atom is -0.504 e. The first-order valence-corrected chi connectivity index (χ1v) is 4.32. The SMILES string of the molecule is CC(=O)NC1CC2=C=C(O)CC=C21. The maximum atomic E-state index is 10.8. The van der Waals surface area contributed by atoms with Gasteiger partial charge in [0.15, 0.2) is 0 Å². The average molecular weight is 177 g/mol. The van der Waals surface area contributed by atoms with Crippen LogP contribution in [-0.4, -0.2) is 17.1 Å². The lowest BCUT2D eigenvalue weighted by Gasteiger charge is -2.33. The van der Waals surface area contributed by atoms with Crippen molar-refractivity contribution >= 4 is 5.91 Å². The highest BCUT2D eigenvalue weighted by Crippen LogP contribution is 2.35. The van der Waals surface area contributed by atoms with Crippen LogP contribution in [-0.2, 0) is 4.79 Å². The van der Waals surface area contributed by atoms with E-state index in [2.05, 4.69) is 11.0 Å². The molecule has 1 atom stereocenters. The number of nitrogens with one attached hydrogen (secondary N) is 1. The summed E-state index contributed by atoms with van der Waals surface area (Å²) in [6, 6.07) is 0.146. The van der Waals surface area contributed by atoms with Crippen molar-refractivity contribution in [1.29, 1.82) is 0 Å². The van der Waals surface area contributed by atoms with Gasteiger partial charge in [-0.15, -0.1) is 0 Å². The van der Waals surface area contributed by atoms with Crippen LogP contribution in [0, 0.1) is 0 Å². The van der Waals surface area contributed by atoms with Crippen LogP contribution in [0.25, 0.3) is 0 Å². The summed E-state index contributed by atoms with van der Waals surface area (Å²) in [4.78, 5) is 10.8. The van der Waals surface area contributed by atoms with Gasteiger partial charge in [-0.2, -0.15) is 0 Å². The molecule has 3 heteroatoms. The van der Waals surface area contributed by atoms with Gasteiger partial charge in [-0.05, 0) is 5.57 Å². The quantitative estimate of drug-likeness (QED) is 0.591. The van der Waals surface area contributed by atoms with Crippen molar-refractivity contribution in [1.82, 2.24) is 5.32 Å². The third-order valence-electron chi connectivity index (χ3n) is 2.32. The molecule has 0 heterocycles. The smallest absolute Gasteiger partial charge is 0.217 e. The van der Waals surface area contributed by atoms with E-state index in [0.717, 1.165) is 17.6 Å². The molecule has 68 valence electrons. The minimum atomic E-state index is -0.0104. The van der Waals surface area contributed by atoms with Gasteiger partial charge in [-0.1, -0.05) is 11.8 Å². The molecular weight excluding hydrogens is 166 g/mol. The Labute approximate surface area is 76.4 Å². The minimum absolute atomic E-state index is 0.0104. The number of aliphatic hydroxyl groups excluding tert-OH is 1. The first-order valence-electron chi connectivity index (χ1n) is 4.32. The highest BCUT2D eigenvalue weighted by atomic mass is 16.3. The van der Waals surface area contributed by atoms with Gasteiger partial charge < -0.3 is 10.4 Å². The number of carbonyl (C=O) groups is 1. The van der Waals surface area contributed by atoms with Gasteiger partial charge in [-0.25, -0.2) is 0 Å². The molecule has 2 aliphatic rings. The molecule has 0 spiro atoms. The van der Waals surface area contributed by atoms with Gasteiger partial charge in [0.2, 0.25) is 5.91 Å². The molecule has 2 rings (SSSR count). The van der Waals surface area contributed by atoms with E-state index in [1.807, 2.05) is 6.08 Å². The zero-order chi connectivity index (χ0) is 9.42. The Balaban J connectivity index is 2.12. The molecule has 0 aromatic carbocycles. The van der Waals surface area contributed by atoms with Crippen molar-refractivity contribution in [2.75, 3.05) is 0 Å². The summed E-state index contributed by atoms with van der Waals surface area (Å²) in [5.41, 5.74) is 5.04. The third-order valence-corrected chi connectivity index (χ3v) is 2.32. The maximum Gasteiger partial charge on any atom is 0.217 e. The molecule has 2 aliphatic carbocycles. The Morgan fingerprint density at radius 1 is 1.77 bits per heavy atom. The second-order valence-electron chi connectivity index (χ2n) is 3.37. The molecule has 0 aromatic rings. The van der Waals surface area contributed by atoms with Gasteiger partial charge in [0.1, 0.15) is 5.76 Å². The van der Waals surface area contributed by atoms with Crippen molar-refractivity contribution in [3.05, 3.63) is 28.7 Å². The zero-order valence-corrected chi connectivity index (χ0v) is 7.42. The van der Waals surface area contributed by atoms with Crippen molar-refractivity contribution < 1.29 is 9.90 Å². The second kappa shape index (κ2) is 2.79. The summed E-state index contributed by atoms with van der Waals surface area (Å²) in [5, 5.41) is 12.0. The molecule has 0 radical (unpaired) electrons. The van der Waals surface area contributed by atoms with Crippen molar-refractivity contribution in [3.8, 4) is 0 Å². The fraction of sp³-hybridized carbons (Fsp3) is 0.400. The third kappa shape index (κ3) is 1.38. The summed E-state index contributed by atoms with van der Waals surface area (Å²) in [7, 11) is 0. The predicted molar refractivity (Wildman–Crippen MR) is 48.1 cm³/mol. The lowest BCUT2D eigenvalue weighted by Crippen LogP contribution is -2.42. The summed E-state index contributed by atoms with van der Waals surface area (Å²) in [6.45, 7) is 1.51. The van der Waals surface area contributed by atoms with Crippen molar-refractivity contribution in [2.24, 2.45) is 0 Å². The van der Waals surface area contributed by atoms with Crippen LogP contribution in [0.1, 0.15) is 19.8 Å². The Hall–Kier alpha value is -1.47. The number of hydrogen-bond acceptors (Lipinski definition) is 2. The molecule has 1 fully saturated rings. The van der Waals surface area contributed by atoms with E-state index < -0.39 is 0 Å². The Morgan fingerprint density at radius 3 is 3.15 bits per heavy atom. The van der Waals surface area contributed by atoms with Crippen LogP contribution in [0.2, 0.25) is 0 Å². The van der Waals surface area contributed by atoms with E-state index >= 15 is 0 Å². The van der Waals surface area contributed by atoms with E-state index in [4.69, 9.17) is 5.11 Å². The number of fused-ring (bicyclic) bond motifs is 1. The molecular formula is C10H11NO2. The first kappa shape index (κ1) is 8.14. The highest BCUT2D eigenvalue weighted by Gasteiger charge is 2.31. The van der Waals surface area contributed by atoms with E-state index in [1.165, 1.54) is 6.92 Å². The second-order valence-corrected chi connectivity index (χ2v) is 3.37. The summed E-state index contributed by atoms with van der Waals surface area (Å²) in [6.07, 6.45) is 3.27. The molecule has 2 N–H and O–H groups in total. The zero-order valence-electron chi connectivity index (χ0n) is 7.42.